The lowest BCUT2D eigenvalue weighted by molar-refractivity contribution is -0.155. The minimum atomic E-state index is -0.659. The van der Waals surface area contributed by atoms with Crippen molar-refractivity contribution in [2.75, 3.05) is 6.61 Å². The van der Waals surface area contributed by atoms with Crippen LogP contribution in [0, 0.1) is 23.6 Å². The molecule has 0 N–H and O–H groups in total. The van der Waals surface area contributed by atoms with Crippen molar-refractivity contribution in [1.82, 2.24) is 14.9 Å². The van der Waals surface area contributed by atoms with E-state index in [4.69, 9.17) is 4.74 Å². The molecule has 0 aliphatic heterocycles. The third-order valence-electron chi connectivity index (χ3n) is 7.23. The molecule has 1 aromatic carbocycles. The molecule has 31 heavy (non-hydrogen) atoms. The number of carbonyl (C=O) groups excluding carboxylic acids is 2. The van der Waals surface area contributed by atoms with Crippen molar-refractivity contribution in [3.05, 3.63) is 59.9 Å². The lowest BCUT2D eigenvalue weighted by Gasteiger charge is -2.60. The Kier molecular flexibility index (Phi) is 5.20. The minimum absolute atomic E-state index is 0.0789. The highest BCUT2D eigenvalue weighted by Gasteiger charge is 2.54. The number of benzene rings is 1. The smallest absolute Gasteiger partial charge is 0.359 e. The van der Waals surface area contributed by atoms with Crippen LogP contribution in [0.3, 0.4) is 0 Å². The largest absolute Gasteiger partial charge is 0.451 e. The van der Waals surface area contributed by atoms with Gasteiger partial charge in [-0.1, -0.05) is 12.1 Å². The Hall–Kier alpha value is -2.83. The van der Waals surface area contributed by atoms with Gasteiger partial charge in [-0.25, -0.2) is 14.2 Å². The number of rotatable bonds is 6. The van der Waals surface area contributed by atoms with Gasteiger partial charge in [-0.3, -0.25) is 9.78 Å². The normalized spacial score (nSPS) is 28.4. The topological polar surface area (TPSA) is 72.4 Å². The number of amides is 1. The first kappa shape index (κ1) is 20.1. The van der Waals surface area contributed by atoms with E-state index in [-0.39, 0.29) is 29.6 Å². The Morgan fingerprint density at radius 1 is 1.03 bits per heavy atom. The summed E-state index contributed by atoms with van der Waals surface area (Å²) in [6, 6.07) is 6.29. The highest BCUT2D eigenvalue weighted by atomic mass is 19.1. The molecular formula is C24H26FN3O3. The Morgan fingerprint density at radius 2 is 1.68 bits per heavy atom. The van der Waals surface area contributed by atoms with E-state index >= 15 is 0 Å². The van der Waals surface area contributed by atoms with Crippen LogP contribution in [0.5, 0.6) is 0 Å². The van der Waals surface area contributed by atoms with Gasteiger partial charge in [-0.15, -0.1) is 0 Å². The Bertz CT molecular complexity index is 929. The molecule has 6 nitrogen and oxygen atoms in total. The van der Waals surface area contributed by atoms with Gasteiger partial charge < -0.3 is 9.64 Å². The van der Waals surface area contributed by atoms with E-state index in [1.54, 1.807) is 12.1 Å². The highest BCUT2D eigenvalue weighted by molar-refractivity contribution is 5.89. The zero-order valence-corrected chi connectivity index (χ0v) is 17.4. The van der Waals surface area contributed by atoms with Gasteiger partial charge in [0.05, 0.1) is 6.20 Å². The molecule has 162 valence electrons. The standard InChI is InChI=1S/C24H26FN3O3/c25-20-3-1-16(2-4-20)14-28(22(29)15-31-23(30)21-13-26-5-6-27-21)24-10-17-7-18(11-24)9-19(8-17)12-24/h1-6,13,17-19H,7-12,14-15H2. The van der Waals surface area contributed by atoms with Gasteiger partial charge in [0.15, 0.2) is 12.3 Å². The van der Waals surface area contributed by atoms with Gasteiger partial charge >= 0.3 is 5.97 Å². The molecule has 0 atom stereocenters. The quantitative estimate of drug-likeness (QED) is 0.662. The van der Waals surface area contributed by atoms with E-state index in [0.717, 1.165) is 24.8 Å². The summed E-state index contributed by atoms with van der Waals surface area (Å²) in [5.41, 5.74) is 0.764. The summed E-state index contributed by atoms with van der Waals surface area (Å²) in [7, 11) is 0. The van der Waals surface area contributed by atoms with Gasteiger partial charge in [0.1, 0.15) is 5.82 Å². The fourth-order valence-electron chi connectivity index (χ4n) is 6.37. The minimum Gasteiger partial charge on any atom is -0.451 e. The maximum atomic E-state index is 13.4. The fraction of sp³-hybridized carbons (Fsp3) is 0.500. The number of hydrogen-bond donors (Lipinski definition) is 0. The second kappa shape index (κ2) is 8.02. The summed E-state index contributed by atoms with van der Waals surface area (Å²) >= 11 is 0. The summed E-state index contributed by atoms with van der Waals surface area (Å²) in [5.74, 6) is 0.831. The van der Waals surface area contributed by atoms with Crippen LogP contribution in [0.2, 0.25) is 0 Å². The van der Waals surface area contributed by atoms with Gasteiger partial charge in [-0.2, -0.15) is 0 Å². The lowest BCUT2D eigenvalue weighted by atomic mass is 9.52. The first-order valence-corrected chi connectivity index (χ1v) is 11.0. The van der Waals surface area contributed by atoms with E-state index in [1.807, 2.05) is 4.90 Å². The van der Waals surface area contributed by atoms with Gasteiger partial charge in [-0.05, 0) is 74.0 Å². The fourth-order valence-corrected chi connectivity index (χ4v) is 6.37. The number of halogens is 1. The molecule has 0 spiro atoms. The second-order valence-electron chi connectivity index (χ2n) is 9.42. The Balaban J connectivity index is 1.36. The number of ether oxygens (including phenoxy) is 1. The van der Waals surface area contributed by atoms with E-state index < -0.39 is 5.97 Å². The summed E-state index contributed by atoms with van der Waals surface area (Å²) < 4.78 is 18.7. The second-order valence-corrected chi connectivity index (χ2v) is 9.42. The van der Waals surface area contributed by atoms with E-state index in [1.165, 1.54) is 50.0 Å². The predicted molar refractivity (Wildman–Crippen MR) is 110 cm³/mol. The van der Waals surface area contributed by atoms with E-state index in [0.29, 0.717) is 24.3 Å². The molecule has 1 heterocycles. The summed E-state index contributed by atoms with van der Waals surface area (Å²) in [5, 5.41) is 0. The molecule has 4 fully saturated rings. The maximum absolute atomic E-state index is 13.4. The van der Waals surface area contributed by atoms with Gasteiger partial charge in [0.25, 0.3) is 5.91 Å². The van der Waals surface area contributed by atoms with Crippen molar-refractivity contribution in [1.29, 1.82) is 0 Å². The number of aromatic nitrogens is 2. The van der Waals surface area contributed by atoms with Crippen LogP contribution in [0.25, 0.3) is 0 Å². The van der Waals surface area contributed by atoms with Crippen LogP contribution >= 0.6 is 0 Å². The van der Waals surface area contributed by atoms with Crippen LogP contribution in [-0.2, 0) is 16.1 Å². The number of nitrogens with zero attached hydrogens (tertiary/aromatic N) is 3. The van der Waals surface area contributed by atoms with E-state index in [2.05, 4.69) is 9.97 Å². The third kappa shape index (κ3) is 4.05. The van der Waals surface area contributed by atoms with Crippen molar-refractivity contribution in [2.45, 2.75) is 50.6 Å². The molecule has 0 unspecified atom stereocenters. The van der Waals surface area contributed by atoms with E-state index in [9.17, 15) is 14.0 Å². The van der Waals surface area contributed by atoms with Crippen molar-refractivity contribution < 1.29 is 18.7 Å². The Morgan fingerprint density at radius 3 is 2.26 bits per heavy atom. The first-order chi connectivity index (χ1) is 15.0. The molecule has 4 aliphatic rings. The molecule has 1 aromatic heterocycles. The third-order valence-corrected chi connectivity index (χ3v) is 7.23. The summed E-state index contributed by atoms with van der Waals surface area (Å²) in [6.45, 7) is 0.0618. The monoisotopic (exact) mass is 423 g/mol. The van der Waals surface area contributed by atoms with Crippen LogP contribution in [0.4, 0.5) is 4.39 Å². The number of carbonyl (C=O) groups is 2. The highest BCUT2D eigenvalue weighted by Crippen LogP contribution is 2.58. The van der Waals surface area contributed by atoms with Crippen molar-refractivity contribution in [3.8, 4) is 0 Å². The molecule has 2 aromatic rings. The predicted octanol–water partition coefficient (Wildman–Crippen LogP) is 3.77. The molecule has 4 aliphatic carbocycles. The van der Waals surface area contributed by atoms with Gasteiger partial charge in [0.2, 0.25) is 0 Å². The molecule has 7 heteroatoms. The van der Waals surface area contributed by atoms with Crippen molar-refractivity contribution >= 4 is 11.9 Å². The number of esters is 1. The average Bonchev–Trinajstić information content (AvgIpc) is 2.76. The molecule has 0 saturated heterocycles. The summed E-state index contributed by atoms with van der Waals surface area (Å²) in [4.78, 5) is 35.4. The maximum Gasteiger partial charge on any atom is 0.359 e. The SMILES string of the molecule is O=C(OCC(=O)N(Cc1ccc(F)cc1)C12CC3CC(CC(C3)C1)C2)c1cnccn1. The summed E-state index contributed by atoms with van der Waals surface area (Å²) in [6.07, 6.45) is 11.0. The average molecular weight is 423 g/mol. The molecule has 4 saturated carbocycles. The lowest BCUT2D eigenvalue weighted by Crippen LogP contribution is -2.61. The van der Waals surface area contributed by atoms with Gasteiger partial charge in [0, 0.05) is 24.5 Å². The zero-order chi connectivity index (χ0) is 21.4. The zero-order valence-electron chi connectivity index (χ0n) is 17.4. The van der Waals surface area contributed by atoms with Crippen molar-refractivity contribution in [2.24, 2.45) is 17.8 Å². The van der Waals surface area contributed by atoms with Crippen LogP contribution in [0.15, 0.2) is 42.9 Å². The van der Waals surface area contributed by atoms with Crippen molar-refractivity contribution in [3.63, 3.8) is 0 Å². The molecule has 6 rings (SSSR count). The molecule has 1 amide bonds. The Labute approximate surface area is 180 Å². The number of hydrogen-bond acceptors (Lipinski definition) is 5. The molecule has 0 radical (unpaired) electrons. The molecule has 4 bridgehead atoms. The van der Waals surface area contributed by atoms with Crippen LogP contribution in [0.1, 0.15) is 54.6 Å². The van der Waals surface area contributed by atoms with Crippen LogP contribution < -0.4 is 0 Å². The first-order valence-electron chi connectivity index (χ1n) is 11.0. The van der Waals surface area contributed by atoms with Crippen LogP contribution in [-0.4, -0.2) is 38.9 Å². The molecular weight excluding hydrogens is 397 g/mol.